The van der Waals surface area contributed by atoms with Crippen molar-refractivity contribution < 1.29 is 14.3 Å². The third-order valence-corrected chi connectivity index (χ3v) is 4.74. The molecule has 1 saturated heterocycles. The number of ether oxygens (including phenoxy) is 1. The number of methoxy groups -OCH3 is 1. The van der Waals surface area contributed by atoms with Crippen molar-refractivity contribution in [2.45, 2.75) is 0 Å². The molecule has 0 radical (unpaired) electrons. The molecule has 108 valence electrons. The highest BCUT2D eigenvalue weighted by molar-refractivity contribution is 14.1. The summed E-state index contributed by atoms with van der Waals surface area (Å²) >= 11 is 8.15. The second-order valence-electron chi connectivity index (χ2n) is 4.38. The Bertz CT molecular complexity index is 530. The Kier molecular flexibility index (Phi) is 5.09. The van der Waals surface area contributed by atoms with E-state index in [0.29, 0.717) is 36.8 Å². The van der Waals surface area contributed by atoms with Crippen molar-refractivity contribution in [1.29, 1.82) is 0 Å². The molecule has 5 nitrogen and oxygen atoms in total. The van der Waals surface area contributed by atoms with Crippen LogP contribution in [-0.2, 0) is 4.74 Å². The molecule has 2 amide bonds. The number of carbonyl (C=O) groups is 2. The van der Waals surface area contributed by atoms with E-state index in [0.717, 1.165) is 3.57 Å². The van der Waals surface area contributed by atoms with Crippen molar-refractivity contribution in [2.24, 2.45) is 0 Å². The Labute approximate surface area is 136 Å². The lowest BCUT2D eigenvalue weighted by Gasteiger charge is -2.33. The molecule has 0 atom stereocenters. The first-order valence-electron chi connectivity index (χ1n) is 6.10. The van der Waals surface area contributed by atoms with Crippen molar-refractivity contribution in [3.63, 3.8) is 0 Å². The second kappa shape index (κ2) is 6.62. The van der Waals surface area contributed by atoms with Crippen molar-refractivity contribution >= 4 is 46.2 Å². The molecular formula is C13H14ClIN2O3. The van der Waals surface area contributed by atoms with Gasteiger partial charge in [0.25, 0.3) is 5.91 Å². The Morgan fingerprint density at radius 3 is 2.35 bits per heavy atom. The fourth-order valence-electron chi connectivity index (χ4n) is 2.03. The van der Waals surface area contributed by atoms with E-state index >= 15 is 0 Å². The normalized spacial score (nSPS) is 15.2. The summed E-state index contributed by atoms with van der Waals surface area (Å²) in [5.41, 5.74) is 0.571. The quantitative estimate of drug-likeness (QED) is 0.671. The smallest absolute Gasteiger partial charge is 0.409 e. The molecule has 20 heavy (non-hydrogen) atoms. The maximum absolute atomic E-state index is 12.3. The van der Waals surface area contributed by atoms with Crippen LogP contribution in [0.3, 0.4) is 0 Å². The largest absolute Gasteiger partial charge is 0.453 e. The van der Waals surface area contributed by atoms with E-state index in [1.807, 2.05) is 6.07 Å². The van der Waals surface area contributed by atoms with Crippen LogP contribution >= 0.6 is 34.2 Å². The molecule has 7 heteroatoms. The van der Waals surface area contributed by atoms with E-state index in [4.69, 9.17) is 11.6 Å². The van der Waals surface area contributed by atoms with E-state index in [-0.39, 0.29) is 12.0 Å². The summed E-state index contributed by atoms with van der Waals surface area (Å²) in [5, 5.41) is 0.574. The number of hydrogen-bond acceptors (Lipinski definition) is 3. The summed E-state index contributed by atoms with van der Waals surface area (Å²) in [6.07, 6.45) is -0.352. The summed E-state index contributed by atoms with van der Waals surface area (Å²) in [4.78, 5) is 27.0. The van der Waals surface area contributed by atoms with Crippen LogP contribution in [0, 0.1) is 3.57 Å². The fourth-order valence-corrected chi connectivity index (χ4v) is 2.55. The van der Waals surface area contributed by atoms with Gasteiger partial charge in [-0.2, -0.15) is 0 Å². The van der Waals surface area contributed by atoms with E-state index < -0.39 is 0 Å². The van der Waals surface area contributed by atoms with Gasteiger partial charge in [0.05, 0.1) is 12.1 Å². The molecule has 0 unspecified atom stereocenters. The zero-order valence-corrected chi connectivity index (χ0v) is 13.8. The van der Waals surface area contributed by atoms with Gasteiger partial charge in [-0.1, -0.05) is 11.6 Å². The molecular weight excluding hydrogens is 395 g/mol. The molecule has 2 rings (SSSR count). The molecule has 0 N–H and O–H groups in total. The number of rotatable bonds is 1. The Hall–Kier alpha value is -1.02. The summed E-state index contributed by atoms with van der Waals surface area (Å²) < 4.78 is 5.58. The molecule has 0 spiro atoms. The summed E-state index contributed by atoms with van der Waals surface area (Å²) in [6.45, 7) is 1.96. The molecule has 0 aliphatic carbocycles. The highest BCUT2D eigenvalue weighted by Gasteiger charge is 2.25. The summed E-state index contributed by atoms with van der Waals surface area (Å²) in [6, 6.07) is 5.27. The van der Waals surface area contributed by atoms with Gasteiger partial charge in [-0.15, -0.1) is 0 Å². The fraction of sp³-hybridized carbons (Fsp3) is 0.385. The third kappa shape index (κ3) is 3.35. The van der Waals surface area contributed by atoms with E-state index in [2.05, 4.69) is 27.3 Å². The standard InChI is InChI=1S/C13H14ClIN2O3/c1-20-13(19)17-6-4-16(5-7-17)12(18)9-2-3-11(15)10(14)8-9/h2-3,8H,4-7H2,1H3. The molecule has 0 aromatic heterocycles. The van der Waals surface area contributed by atoms with Crippen molar-refractivity contribution in [3.05, 3.63) is 32.4 Å². The summed E-state index contributed by atoms with van der Waals surface area (Å²) in [7, 11) is 1.35. The summed E-state index contributed by atoms with van der Waals surface area (Å²) in [5.74, 6) is -0.0622. The minimum absolute atomic E-state index is 0.0622. The first kappa shape index (κ1) is 15.4. The highest BCUT2D eigenvalue weighted by Crippen LogP contribution is 2.20. The van der Waals surface area contributed by atoms with Gasteiger partial charge in [-0.05, 0) is 40.8 Å². The Morgan fingerprint density at radius 1 is 1.20 bits per heavy atom. The predicted octanol–water partition coefficient (Wildman–Crippen LogP) is 2.47. The second-order valence-corrected chi connectivity index (χ2v) is 5.95. The molecule has 1 aliphatic heterocycles. The average Bonchev–Trinajstić information content (AvgIpc) is 2.48. The number of amides is 2. The molecule has 1 aliphatic rings. The molecule has 1 aromatic carbocycles. The van der Waals surface area contributed by atoms with Crippen molar-refractivity contribution in [1.82, 2.24) is 9.80 Å². The van der Waals surface area contributed by atoms with Crippen LogP contribution in [0.2, 0.25) is 5.02 Å². The number of nitrogens with zero attached hydrogens (tertiary/aromatic N) is 2. The minimum Gasteiger partial charge on any atom is -0.453 e. The van der Waals surface area contributed by atoms with Gasteiger partial charge in [-0.25, -0.2) is 4.79 Å². The van der Waals surface area contributed by atoms with Gasteiger partial charge >= 0.3 is 6.09 Å². The molecule has 0 bridgehead atoms. The van der Waals surface area contributed by atoms with Crippen LogP contribution in [0.5, 0.6) is 0 Å². The molecule has 1 fully saturated rings. The van der Waals surface area contributed by atoms with E-state index in [9.17, 15) is 9.59 Å². The monoisotopic (exact) mass is 408 g/mol. The zero-order valence-electron chi connectivity index (χ0n) is 10.9. The number of carbonyl (C=O) groups excluding carboxylic acids is 2. The van der Waals surface area contributed by atoms with Crippen LogP contribution in [-0.4, -0.2) is 55.1 Å². The highest BCUT2D eigenvalue weighted by atomic mass is 127. The van der Waals surface area contributed by atoms with E-state index in [1.165, 1.54) is 7.11 Å². The minimum atomic E-state index is -0.352. The van der Waals surface area contributed by atoms with Gasteiger partial charge in [-0.3, -0.25) is 4.79 Å². The van der Waals surface area contributed by atoms with Crippen LogP contribution in [0.25, 0.3) is 0 Å². The maximum atomic E-state index is 12.3. The van der Waals surface area contributed by atoms with Crippen LogP contribution < -0.4 is 0 Å². The first-order valence-corrected chi connectivity index (χ1v) is 7.56. The zero-order chi connectivity index (χ0) is 14.7. The SMILES string of the molecule is COC(=O)N1CCN(C(=O)c2ccc(I)c(Cl)c2)CC1. The van der Waals surface area contributed by atoms with Gasteiger partial charge < -0.3 is 14.5 Å². The third-order valence-electron chi connectivity index (χ3n) is 3.17. The lowest BCUT2D eigenvalue weighted by molar-refractivity contribution is 0.0599. The number of halogens is 2. The number of piperazine rings is 1. The van der Waals surface area contributed by atoms with Crippen molar-refractivity contribution in [3.8, 4) is 0 Å². The Balaban J connectivity index is 2.01. The van der Waals surface area contributed by atoms with Crippen molar-refractivity contribution in [2.75, 3.05) is 33.3 Å². The number of benzene rings is 1. The van der Waals surface area contributed by atoms with Gasteiger partial charge in [0, 0.05) is 35.3 Å². The predicted molar refractivity (Wildman–Crippen MR) is 84.1 cm³/mol. The molecule has 1 aromatic rings. The van der Waals surface area contributed by atoms with E-state index in [1.54, 1.807) is 21.9 Å². The lowest BCUT2D eigenvalue weighted by Crippen LogP contribution is -2.50. The molecule has 1 heterocycles. The Morgan fingerprint density at radius 2 is 1.80 bits per heavy atom. The average molecular weight is 409 g/mol. The topological polar surface area (TPSA) is 49.9 Å². The van der Waals surface area contributed by atoms with Crippen LogP contribution in [0.15, 0.2) is 18.2 Å². The first-order chi connectivity index (χ1) is 9.52. The van der Waals surface area contributed by atoms with Crippen LogP contribution in [0.4, 0.5) is 4.79 Å². The van der Waals surface area contributed by atoms with Crippen LogP contribution in [0.1, 0.15) is 10.4 Å². The number of hydrogen-bond donors (Lipinski definition) is 0. The molecule has 0 saturated carbocycles. The lowest BCUT2D eigenvalue weighted by atomic mass is 10.2. The maximum Gasteiger partial charge on any atom is 0.409 e. The van der Waals surface area contributed by atoms with Gasteiger partial charge in [0.1, 0.15) is 0 Å². The van der Waals surface area contributed by atoms with Gasteiger partial charge in [0.2, 0.25) is 0 Å². The van der Waals surface area contributed by atoms with Gasteiger partial charge in [0.15, 0.2) is 0 Å².